The van der Waals surface area contributed by atoms with Crippen LogP contribution in [0.3, 0.4) is 0 Å². The summed E-state index contributed by atoms with van der Waals surface area (Å²) in [6.45, 7) is 1.56. The number of carbonyl (C=O) groups excluding carboxylic acids is 2. The summed E-state index contributed by atoms with van der Waals surface area (Å²) in [5, 5.41) is 0. The Morgan fingerprint density at radius 1 is 0.564 bits per heavy atom. The van der Waals surface area contributed by atoms with Crippen LogP contribution >= 0.6 is 0 Å². The van der Waals surface area contributed by atoms with Gasteiger partial charge in [0.2, 0.25) is 0 Å². The summed E-state index contributed by atoms with van der Waals surface area (Å²) in [4.78, 5) is 26.7. The van der Waals surface area contributed by atoms with Crippen LogP contribution in [0.2, 0.25) is 0 Å². The highest BCUT2D eigenvalue weighted by molar-refractivity contribution is 5.98. The fraction of sp³-hybridized carbons (Fsp3) is 0.351. The molecule has 0 radical (unpaired) electrons. The molecule has 0 amide bonds. The molecule has 0 aliphatic carbocycles. The molecule has 0 aromatic heterocycles. The fourth-order valence-electron chi connectivity index (χ4n) is 5.13. The van der Waals surface area contributed by atoms with Gasteiger partial charge >= 0.3 is 36.6 Å². The number of fused-ring (bicyclic) bond motifs is 12. The molecule has 0 saturated carbocycles. The van der Waals surface area contributed by atoms with Crippen molar-refractivity contribution in [2.45, 2.75) is 70.0 Å². The molecule has 0 N–H and O–H groups in total. The smallest absolute Gasteiger partial charge is 0.416 e. The molecule has 0 saturated heterocycles. The first-order valence-corrected chi connectivity index (χ1v) is 16.2. The van der Waals surface area contributed by atoms with Crippen LogP contribution in [0.15, 0.2) is 72.8 Å². The Labute approximate surface area is 305 Å². The first-order valence-electron chi connectivity index (χ1n) is 16.2. The van der Waals surface area contributed by atoms with E-state index >= 15 is 0 Å². The van der Waals surface area contributed by atoms with E-state index in [0.717, 1.165) is 17.7 Å². The predicted octanol–water partition coefficient (Wildman–Crippen LogP) is 11.3. The van der Waals surface area contributed by atoms with Gasteiger partial charge in [-0.05, 0) is 91.8 Å². The maximum atomic E-state index is 13.4. The lowest BCUT2D eigenvalue weighted by molar-refractivity contribution is -0.144. The average Bonchev–Trinajstić information content (AvgIpc) is 3.08. The number of allylic oxidation sites excluding steroid dienone is 3. The van der Waals surface area contributed by atoms with Gasteiger partial charge in [-0.25, -0.2) is 9.59 Å². The maximum Gasteiger partial charge on any atom is 0.416 e. The van der Waals surface area contributed by atoms with Gasteiger partial charge in [0.15, 0.2) is 0 Å². The van der Waals surface area contributed by atoms with Crippen LogP contribution in [0.1, 0.15) is 86.2 Å². The van der Waals surface area contributed by atoms with Gasteiger partial charge in [-0.1, -0.05) is 24.3 Å². The predicted molar refractivity (Wildman–Crippen MR) is 170 cm³/mol. The lowest BCUT2D eigenvalue weighted by Gasteiger charge is -2.18. The molecule has 0 spiro atoms. The Bertz CT molecular complexity index is 1840. The molecule has 2 bridgehead atoms. The van der Waals surface area contributed by atoms with Crippen LogP contribution in [0.25, 0.3) is 0 Å². The zero-order valence-electron chi connectivity index (χ0n) is 28.3. The number of alkyl halides is 12. The molecule has 0 unspecified atom stereocenters. The summed E-state index contributed by atoms with van der Waals surface area (Å²) in [7, 11) is 0. The largest absolute Gasteiger partial charge is 0.493 e. The Balaban J connectivity index is 1.70. The molecule has 0 fully saturated rings. The van der Waals surface area contributed by atoms with Crippen LogP contribution in [-0.4, -0.2) is 25.2 Å². The van der Waals surface area contributed by atoms with E-state index < -0.39 is 106 Å². The Kier molecular flexibility index (Phi) is 13.2. The SMILES string of the molecule is C=C1/C=C/CCCOc2cc(C(=O)OCc3cc(C(F)(F)F)cc(C(F)(F)F)c3)c(cc2C(=O)OCc2cc(C(F)(F)F)cc(C(F)(F)F)c2)OCCCC1. The topological polar surface area (TPSA) is 71.1 Å². The van der Waals surface area contributed by atoms with E-state index in [1.54, 1.807) is 12.2 Å². The van der Waals surface area contributed by atoms with Crippen molar-refractivity contribution in [1.82, 2.24) is 0 Å². The van der Waals surface area contributed by atoms with Crippen molar-refractivity contribution in [3.8, 4) is 11.5 Å². The second-order valence-electron chi connectivity index (χ2n) is 12.2. The molecule has 3 aromatic rings. The standard InChI is InChI=1S/C37H30F12O6/c1-21-7-3-2-5-9-52-30-17-29(33(51)55-20-23-13-26(36(44,45)46)16-27(14-23)37(47,48)49)31(53-10-6-4-8-21)18-28(30)32(50)54-19-22-11-24(34(38,39)40)15-25(12-22)35(41,42)43/h3,7,11-18H,1-2,4-6,8-10,19-20H2/b7-3+. The van der Waals surface area contributed by atoms with E-state index in [4.69, 9.17) is 18.9 Å². The van der Waals surface area contributed by atoms with Crippen molar-refractivity contribution < 1.29 is 81.2 Å². The van der Waals surface area contributed by atoms with E-state index in [0.29, 0.717) is 56.4 Å². The molecule has 5 rings (SSSR count). The van der Waals surface area contributed by atoms with Gasteiger partial charge in [0.1, 0.15) is 35.8 Å². The molecular formula is C37H30F12O6. The second kappa shape index (κ2) is 17.1. The number of rotatable bonds is 6. The van der Waals surface area contributed by atoms with Crippen molar-refractivity contribution in [3.63, 3.8) is 0 Å². The molecular weight excluding hydrogens is 768 g/mol. The van der Waals surface area contributed by atoms with Crippen LogP contribution in [0.5, 0.6) is 11.5 Å². The van der Waals surface area contributed by atoms with Crippen LogP contribution in [0.4, 0.5) is 52.7 Å². The van der Waals surface area contributed by atoms with E-state index in [9.17, 15) is 62.3 Å². The molecule has 2 aliphatic rings. The normalized spacial score (nSPS) is 15.5. The average molecular weight is 799 g/mol. The molecule has 55 heavy (non-hydrogen) atoms. The molecule has 6 nitrogen and oxygen atoms in total. The number of hydrogen-bond donors (Lipinski definition) is 0. The Morgan fingerprint density at radius 3 is 1.33 bits per heavy atom. The Morgan fingerprint density at radius 2 is 0.945 bits per heavy atom. The van der Waals surface area contributed by atoms with E-state index in [2.05, 4.69) is 6.58 Å². The van der Waals surface area contributed by atoms with Gasteiger partial charge < -0.3 is 18.9 Å². The zero-order chi connectivity index (χ0) is 40.8. The lowest BCUT2D eigenvalue weighted by atomic mass is 10.0. The van der Waals surface area contributed by atoms with Crippen LogP contribution < -0.4 is 9.47 Å². The summed E-state index contributed by atoms with van der Waals surface area (Å²) in [6, 6.07) is 3.10. The Hall–Kier alpha value is -5.16. The third kappa shape index (κ3) is 12.2. The van der Waals surface area contributed by atoms with Crippen molar-refractivity contribution >= 4 is 11.9 Å². The number of ether oxygens (including phenoxy) is 4. The molecule has 298 valence electrons. The highest BCUT2D eigenvalue weighted by Crippen LogP contribution is 2.39. The first kappa shape index (κ1) is 42.6. The summed E-state index contributed by atoms with van der Waals surface area (Å²) in [6.07, 6.45) is -14.9. The number of benzene rings is 3. The first-order chi connectivity index (χ1) is 25.5. The zero-order valence-corrected chi connectivity index (χ0v) is 28.3. The number of hydrogen-bond acceptors (Lipinski definition) is 6. The van der Waals surface area contributed by atoms with Gasteiger partial charge in [0.25, 0.3) is 0 Å². The van der Waals surface area contributed by atoms with Crippen molar-refractivity contribution in [2.24, 2.45) is 0 Å². The summed E-state index contributed by atoms with van der Waals surface area (Å²) < 4.78 is 182. The molecule has 3 aromatic carbocycles. The molecule has 0 atom stereocenters. The van der Waals surface area contributed by atoms with Gasteiger partial charge in [0.05, 0.1) is 35.5 Å². The summed E-state index contributed by atoms with van der Waals surface area (Å²) in [5.74, 6) is -3.45. The highest BCUT2D eigenvalue weighted by Gasteiger charge is 2.38. The second-order valence-corrected chi connectivity index (χ2v) is 12.2. The van der Waals surface area contributed by atoms with Gasteiger partial charge in [-0.3, -0.25) is 0 Å². The van der Waals surface area contributed by atoms with Gasteiger partial charge in [0, 0.05) is 0 Å². The summed E-state index contributed by atoms with van der Waals surface area (Å²) >= 11 is 0. The quantitative estimate of drug-likeness (QED) is 0.183. The van der Waals surface area contributed by atoms with Crippen LogP contribution in [0, 0.1) is 0 Å². The number of halogens is 12. The van der Waals surface area contributed by atoms with Crippen molar-refractivity contribution in [1.29, 1.82) is 0 Å². The highest BCUT2D eigenvalue weighted by atomic mass is 19.4. The summed E-state index contributed by atoms with van der Waals surface area (Å²) in [5.41, 5.74) is -8.11. The molecule has 2 heterocycles. The van der Waals surface area contributed by atoms with Crippen molar-refractivity contribution in [3.05, 3.63) is 117 Å². The minimum absolute atomic E-state index is 0.106. The van der Waals surface area contributed by atoms with E-state index in [1.165, 1.54) is 0 Å². The molecule has 2 aliphatic heterocycles. The minimum Gasteiger partial charge on any atom is -0.493 e. The maximum absolute atomic E-state index is 13.4. The lowest BCUT2D eigenvalue weighted by Crippen LogP contribution is -2.15. The minimum atomic E-state index is -5.18. The number of carbonyl (C=O) groups is 2. The fourth-order valence-corrected chi connectivity index (χ4v) is 5.13. The third-order valence-electron chi connectivity index (χ3n) is 7.83. The third-order valence-corrected chi connectivity index (χ3v) is 7.83. The van der Waals surface area contributed by atoms with Crippen molar-refractivity contribution in [2.75, 3.05) is 13.2 Å². The molecule has 18 heteroatoms. The van der Waals surface area contributed by atoms with E-state index in [-0.39, 0.29) is 25.3 Å². The van der Waals surface area contributed by atoms with E-state index in [1.807, 2.05) is 0 Å². The van der Waals surface area contributed by atoms with Crippen LogP contribution in [-0.2, 0) is 47.4 Å². The number of esters is 2. The van der Waals surface area contributed by atoms with Gasteiger partial charge in [-0.2, -0.15) is 52.7 Å². The monoisotopic (exact) mass is 798 g/mol. The van der Waals surface area contributed by atoms with Gasteiger partial charge in [-0.15, -0.1) is 0 Å².